The van der Waals surface area contributed by atoms with Gasteiger partial charge in [-0.15, -0.1) is 0 Å². The Morgan fingerprint density at radius 3 is 0.884 bits per heavy atom. The van der Waals surface area contributed by atoms with E-state index in [9.17, 15) is 14.4 Å². The second kappa shape index (κ2) is 56.4. The average molecular weight is 956 g/mol. The van der Waals surface area contributed by atoms with Gasteiger partial charge >= 0.3 is 17.9 Å². The third-order valence-electron chi connectivity index (χ3n) is 11.5. The van der Waals surface area contributed by atoms with Crippen LogP contribution in [0.15, 0.2) is 122 Å². The average Bonchev–Trinajstić information content (AvgIpc) is 3.35. The van der Waals surface area contributed by atoms with Crippen molar-refractivity contribution in [2.45, 2.75) is 245 Å². The topological polar surface area (TPSA) is 78.9 Å². The van der Waals surface area contributed by atoms with Gasteiger partial charge in [-0.1, -0.05) is 232 Å². The van der Waals surface area contributed by atoms with Gasteiger partial charge in [0.25, 0.3) is 0 Å². The lowest BCUT2D eigenvalue weighted by Crippen LogP contribution is -2.30. The van der Waals surface area contributed by atoms with Crippen molar-refractivity contribution in [2.75, 3.05) is 13.2 Å². The largest absolute Gasteiger partial charge is 0.462 e. The molecule has 1 unspecified atom stereocenters. The van der Waals surface area contributed by atoms with Crippen LogP contribution in [0.4, 0.5) is 0 Å². The van der Waals surface area contributed by atoms with Gasteiger partial charge in [0.2, 0.25) is 0 Å². The lowest BCUT2D eigenvalue weighted by Gasteiger charge is -2.18. The van der Waals surface area contributed by atoms with Gasteiger partial charge in [-0.3, -0.25) is 14.4 Å². The van der Waals surface area contributed by atoms with Crippen LogP contribution in [0.2, 0.25) is 0 Å². The first kappa shape index (κ1) is 64.8. The number of ether oxygens (including phenoxy) is 3. The maximum absolute atomic E-state index is 12.8. The van der Waals surface area contributed by atoms with Gasteiger partial charge in [-0.2, -0.15) is 0 Å². The highest BCUT2D eigenvalue weighted by Gasteiger charge is 2.19. The molecule has 0 spiro atoms. The third-order valence-corrected chi connectivity index (χ3v) is 11.5. The summed E-state index contributed by atoms with van der Waals surface area (Å²) < 4.78 is 16.7. The molecule has 0 radical (unpaired) electrons. The van der Waals surface area contributed by atoms with Crippen molar-refractivity contribution in [1.82, 2.24) is 0 Å². The SMILES string of the molecule is CC/C=C\C/C=C\C/C=C\C/C=C\C/C=C\C/C=C\C/C=C\CCCCCCCCCC(=O)OCC(COC(=O)CCCCCCC)OC(=O)CCCCCCCCC/C=C\C/C=C\C/C=C\CC. The lowest BCUT2D eigenvalue weighted by molar-refractivity contribution is -0.167. The van der Waals surface area contributed by atoms with E-state index in [0.29, 0.717) is 19.3 Å². The smallest absolute Gasteiger partial charge is 0.306 e. The fourth-order valence-corrected chi connectivity index (χ4v) is 7.32. The van der Waals surface area contributed by atoms with Crippen LogP contribution in [0.3, 0.4) is 0 Å². The predicted octanol–water partition coefficient (Wildman–Crippen LogP) is 18.9. The Morgan fingerprint density at radius 1 is 0.304 bits per heavy atom. The molecule has 0 N–H and O–H groups in total. The highest BCUT2D eigenvalue weighted by molar-refractivity contribution is 5.71. The van der Waals surface area contributed by atoms with Crippen molar-refractivity contribution in [3.8, 4) is 0 Å². The Hall–Kier alpha value is -4.19. The number of allylic oxidation sites excluding steroid dienone is 20. The molecular formula is C63H102O6. The number of carbonyl (C=O) groups is 3. The molecule has 0 saturated heterocycles. The maximum Gasteiger partial charge on any atom is 0.306 e. The van der Waals surface area contributed by atoms with Gasteiger partial charge in [0.05, 0.1) is 0 Å². The van der Waals surface area contributed by atoms with Crippen LogP contribution in [0.5, 0.6) is 0 Å². The minimum absolute atomic E-state index is 0.0887. The summed E-state index contributed by atoms with van der Waals surface area (Å²) in [7, 11) is 0. The first-order valence-corrected chi connectivity index (χ1v) is 28.0. The van der Waals surface area contributed by atoms with Gasteiger partial charge in [0.1, 0.15) is 13.2 Å². The van der Waals surface area contributed by atoms with Crippen LogP contribution in [0.25, 0.3) is 0 Å². The Kier molecular flexibility index (Phi) is 53.0. The molecule has 0 rings (SSSR count). The number of carbonyl (C=O) groups excluding carboxylic acids is 3. The zero-order chi connectivity index (χ0) is 50.0. The van der Waals surface area contributed by atoms with Crippen LogP contribution < -0.4 is 0 Å². The quantitative estimate of drug-likeness (QED) is 0.0262. The second-order valence-corrected chi connectivity index (χ2v) is 18.1. The number of rotatable bonds is 49. The van der Waals surface area contributed by atoms with Crippen LogP contribution in [-0.2, 0) is 28.6 Å². The van der Waals surface area contributed by atoms with E-state index in [-0.39, 0.29) is 31.1 Å². The fourth-order valence-electron chi connectivity index (χ4n) is 7.32. The van der Waals surface area contributed by atoms with Crippen molar-refractivity contribution in [3.05, 3.63) is 122 Å². The molecule has 0 amide bonds. The van der Waals surface area contributed by atoms with Crippen LogP contribution in [0.1, 0.15) is 239 Å². The van der Waals surface area contributed by atoms with Gasteiger partial charge < -0.3 is 14.2 Å². The van der Waals surface area contributed by atoms with E-state index in [0.717, 1.165) is 141 Å². The Morgan fingerprint density at radius 2 is 0.565 bits per heavy atom. The summed E-state index contributed by atoms with van der Waals surface area (Å²) in [5.74, 6) is -0.928. The van der Waals surface area contributed by atoms with Crippen LogP contribution >= 0.6 is 0 Å². The number of unbranched alkanes of at least 4 members (excludes halogenated alkanes) is 18. The lowest BCUT2D eigenvalue weighted by atomic mass is 10.1. The monoisotopic (exact) mass is 955 g/mol. The minimum atomic E-state index is -0.787. The molecular weight excluding hydrogens is 853 g/mol. The zero-order valence-electron chi connectivity index (χ0n) is 44.5. The highest BCUT2D eigenvalue weighted by Crippen LogP contribution is 2.14. The van der Waals surface area contributed by atoms with E-state index >= 15 is 0 Å². The molecule has 0 aliphatic rings. The molecule has 0 aromatic carbocycles. The molecule has 0 saturated carbocycles. The molecule has 6 nitrogen and oxygen atoms in total. The summed E-state index contributed by atoms with van der Waals surface area (Å²) in [4.78, 5) is 37.8. The predicted molar refractivity (Wildman–Crippen MR) is 297 cm³/mol. The number of hydrogen-bond acceptors (Lipinski definition) is 6. The van der Waals surface area contributed by atoms with Gasteiger partial charge in [0.15, 0.2) is 6.10 Å². The summed E-state index contributed by atoms with van der Waals surface area (Å²) in [6.07, 6.45) is 78.0. The van der Waals surface area contributed by atoms with Crippen LogP contribution in [-0.4, -0.2) is 37.2 Å². The molecule has 390 valence electrons. The molecule has 0 aromatic rings. The molecule has 0 fully saturated rings. The standard InChI is InChI=1S/C63H102O6/c1-4-7-10-13-15-17-19-21-23-25-26-27-28-29-30-31-32-33-34-35-36-38-39-41-43-45-47-50-53-56-62(65)68-59-60(58-67-61(64)55-52-49-12-9-6-3)69-63(66)57-54-51-48-46-44-42-40-37-24-22-20-18-16-14-11-8-5-2/h7-8,10-11,15-18,21-24,26-27,29-30,32-33,35-36,60H,4-6,9,12-14,19-20,25,28,31,34,37-59H2,1-3H3/b10-7-,11-8-,17-15-,18-16-,23-21-,24-22-,27-26-,30-29-,33-32-,36-35-. The minimum Gasteiger partial charge on any atom is -0.462 e. The highest BCUT2D eigenvalue weighted by atomic mass is 16.6. The Balaban J connectivity index is 4.15. The van der Waals surface area contributed by atoms with Gasteiger partial charge in [-0.25, -0.2) is 0 Å². The van der Waals surface area contributed by atoms with Crippen molar-refractivity contribution < 1.29 is 28.6 Å². The molecule has 0 aliphatic heterocycles. The van der Waals surface area contributed by atoms with E-state index in [1.807, 2.05) is 0 Å². The number of hydrogen-bond donors (Lipinski definition) is 0. The third kappa shape index (κ3) is 54.6. The second-order valence-electron chi connectivity index (χ2n) is 18.1. The summed E-state index contributed by atoms with van der Waals surface area (Å²) in [5, 5.41) is 0. The first-order valence-electron chi connectivity index (χ1n) is 28.0. The van der Waals surface area contributed by atoms with Crippen molar-refractivity contribution >= 4 is 17.9 Å². The summed E-state index contributed by atoms with van der Waals surface area (Å²) in [6, 6.07) is 0. The molecule has 0 heterocycles. The van der Waals surface area contributed by atoms with Crippen molar-refractivity contribution in [2.24, 2.45) is 0 Å². The molecule has 0 bridgehead atoms. The van der Waals surface area contributed by atoms with Crippen molar-refractivity contribution in [1.29, 1.82) is 0 Å². The van der Waals surface area contributed by atoms with Gasteiger partial charge in [-0.05, 0) is 109 Å². The Labute approximate surface area is 424 Å². The molecule has 0 aromatic heterocycles. The number of esters is 3. The Bertz CT molecular complexity index is 1470. The van der Waals surface area contributed by atoms with E-state index in [2.05, 4.69) is 142 Å². The molecule has 6 heteroatoms. The maximum atomic E-state index is 12.8. The molecule has 69 heavy (non-hydrogen) atoms. The fraction of sp³-hybridized carbons (Fsp3) is 0.635. The molecule has 1 atom stereocenters. The van der Waals surface area contributed by atoms with Crippen molar-refractivity contribution in [3.63, 3.8) is 0 Å². The van der Waals surface area contributed by atoms with Crippen LogP contribution in [0, 0.1) is 0 Å². The molecule has 0 aliphatic carbocycles. The zero-order valence-corrected chi connectivity index (χ0v) is 44.5. The summed E-state index contributed by atoms with van der Waals surface area (Å²) in [5.41, 5.74) is 0. The normalized spacial score (nSPS) is 13.0. The van der Waals surface area contributed by atoms with E-state index in [1.54, 1.807) is 0 Å². The van der Waals surface area contributed by atoms with E-state index < -0.39 is 6.10 Å². The van der Waals surface area contributed by atoms with E-state index in [1.165, 1.54) is 57.8 Å². The van der Waals surface area contributed by atoms with Gasteiger partial charge in [0, 0.05) is 19.3 Å². The summed E-state index contributed by atoms with van der Waals surface area (Å²) in [6.45, 7) is 6.30. The first-order chi connectivity index (χ1) is 34.0. The summed E-state index contributed by atoms with van der Waals surface area (Å²) >= 11 is 0. The van der Waals surface area contributed by atoms with E-state index in [4.69, 9.17) is 14.2 Å².